The van der Waals surface area contributed by atoms with E-state index in [0.29, 0.717) is 5.56 Å². The van der Waals surface area contributed by atoms with Gasteiger partial charge >= 0.3 is 0 Å². The van der Waals surface area contributed by atoms with Crippen molar-refractivity contribution in [2.24, 2.45) is 5.73 Å². The summed E-state index contributed by atoms with van der Waals surface area (Å²) in [6.07, 6.45) is 0.869. The van der Waals surface area contributed by atoms with Crippen LogP contribution in [-0.2, 0) is 6.42 Å². The molecule has 0 heterocycles. The Labute approximate surface area is 136 Å². The van der Waals surface area contributed by atoms with E-state index in [0.717, 1.165) is 30.2 Å². The predicted molar refractivity (Wildman–Crippen MR) is 91.5 cm³/mol. The van der Waals surface area contributed by atoms with Gasteiger partial charge in [-0.15, -0.1) is 0 Å². The van der Waals surface area contributed by atoms with Crippen LogP contribution < -0.4 is 20.1 Å². The number of carbonyl (C=O) groups excluding carboxylic acids is 1. The Kier molecular flexibility index (Phi) is 5.46. The van der Waals surface area contributed by atoms with Crippen molar-refractivity contribution in [3.8, 4) is 11.5 Å². The lowest BCUT2D eigenvalue weighted by molar-refractivity contribution is 0.100. The highest BCUT2D eigenvalue weighted by molar-refractivity contribution is 5.93. The number of nitrogens with two attached hydrogens (primary N) is 1. The lowest BCUT2D eigenvalue weighted by Crippen LogP contribution is -2.20. The molecule has 2 aromatic rings. The lowest BCUT2D eigenvalue weighted by atomic mass is 10.1. The van der Waals surface area contributed by atoms with Crippen LogP contribution in [0.1, 0.15) is 15.9 Å². The van der Waals surface area contributed by atoms with Crippen molar-refractivity contribution in [2.75, 3.05) is 32.7 Å². The van der Waals surface area contributed by atoms with Crippen LogP contribution in [0.25, 0.3) is 0 Å². The van der Waals surface area contributed by atoms with Crippen LogP contribution in [0.4, 0.5) is 5.69 Å². The third-order valence-electron chi connectivity index (χ3n) is 3.78. The van der Waals surface area contributed by atoms with Crippen LogP contribution in [-0.4, -0.2) is 33.7 Å². The Morgan fingerprint density at radius 2 is 1.70 bits per heavy atom. The van der Waals surface area contributed by atoms with E-state index in [2.05, 4.69) is 4.90 Å². The lowest BCUT2D eigenvalue weighted by Gasteiger charge is -2.20. The minimum atomic E-state index is -0.412. The van der Waals surface area contributed by atoms with Crippen molar-refractivity contribution in [1.29, 1.82) is 0 Å². The smallest absolute Gasteiger partial charge is 0.248 e. The number of ether oxygens (including phenoxy) is 2. The monoisotopic (exact) mass is 314 g/mol. The Balaban J connectivity index is 2.01. The number of primary amides is 1. The molecule has 0 spiro atoms. The van der Waals surface area contributed by atoms with Crippen molar-refractivity contribution in [3.63, 3.8) is 0 Å². The van der Waals surface area contributed by atoms with Gasteiger partial charge in [0.05, 0.1) is 14.2 Å². The van der Waals surface area contributed by atoms with Crippen molar-refractivity contribution in [1.82, 2.24) is 0 Å². The Morgan fingerprint density at radius 3 is 2.26 bits per heavy atom. The topological polar surface area (TPSA) is 64.8 Å². The average molecular weight is 314 g/mol. The first-order valence-corrected chi connectivity index (χ1v) is 7.37. The first kappa shape index (κ1) is 16.7. The fraction of sp³-hybridized carbons (Fsp3) is 0.278. The number of rotatable bonds is 7. The number of methoxy groups -OCH3 is 2. The molecule has 1 amide bonds. The van der Waals surface area contributed by atoms with Gasteiger partial charge in [-0.25, -0.2) is 0 Å². The highest BCUT2D eigenvalue weighted by Crippen LogP contribution is 2.27. The zero-order valence-electron chi connectivity index (χ0n) is 13.7. The number of nitrogens with zero attached hydrogens (tertiary/aromatic N) is 1. The van der Waals surface area contributed by atoms with Crippen LogP contribution in [0.15, 0.2) is 42.5 Å². The Bertz CT molecular complexity index is 668. The van der Waals surface area contributed by atoms with E-state index in [1.165, 1.54) is 5.56 Å². The fourth-order valence-electron chi connectivity index (χ4n) is 2.34. The maximum atomic E-state index is 11.1. The number of anilines is 1. The molecule has 2 rings (SSSR count). The third kappa shape index (κ3) is 4.16. The second-order valence-electron chi connectivity index (χ2n) is 5.27. The molecule has 0 atom stereocenters. The van der Waals surface area contributed by atoms with Crippen LogP contribution in [0.3, 0.4) is 0 Å². The summed E-state index contributed by atoms with van der Waals surface area (Å²) in [4.78, 5) is 13.2. The van der Waals surface area contributed by atoms with E-state index in [4.69, 9.17) is 15.2 Å². The van der Waals surface area contributed by atoms with Crippen molar-refractivity contribution >= 4 is 11.6 Å². The molecule has 0 saturated heterocycles. The molecule has 0 saturated carbocycles. The summed E-state index contributed by atoms with van der Waals surface area (Å²) in [7, 11) is 5.27. The molecule has 0 fully saturated rings. The molecule has 0 unspecified atom stereocenters. The summed E-state index contributed by atoms with van der Waals surface area (Å²) in [6.45, 7) is 0.839. The summed E-state index contributed by atoms with van der Waals surface area (Å²) >= 11 is 0. The highest BCUT2D eigenvalue weighted by Gasteiger charge is 2.07. The molecule has 0 aromatic heterocycles. The number of hydrogen-bond donors (Lipinski definition) is 1. The molecular formula is C18H22N2O3. The van der Waals surface area contributed by atoms with Gasteiger partial charge in [0, 0.05) is 24.8 Å². The molecule has 0 bridgehead atoms. The summed E-state index contributed by atoms with van der Waals surface area (Å²) in [5.41, 5.74) is 7.97. The van der Waals surface area contributed by atoms with Crippen LogP contribution in [0.2, 0.25) is 0 Å². The van der Waals surface area contributed by atoms with Crippen LogP contribution >= 0.6 is 0 Å². The summed E-state index contributed by atoms with van der Waals surface area (Å²) in [5, 5.41) is 0. The van der Waals surface area contributed by atoms with Gasteiger partial charge in [0.25, 0.3) is 0 Å². The molecule has 5 nitrogen and oxygen atoms in total. The zero-order valence-corrected chi connectivity index (χ0v) is 13.7. The molecule has 0 radical (unpaired) electrons. The minimum Gasteiger partial charge on any atom is -0.493 e. The normalized spacial score (nSPS) is 10.2. The summed E-state index contributed by atoms with van der Waals surface area (Å²) in [5.74, 6) is 1.05. The average Bonchev–Trinajstić information content (AvgIpc) is 2.59. The van der Waals surface area contributed by atoms with Gasteiger partial charge < -0.3 is 20.1 Å². The molecule has 122 valence electrons. The first-order chi connectivity index (χ1) is 11.0. The van der Waals surface area contributed by atoms with Gasteiger partial charge in [-0.2, -0.15) is 0 Å². The summed E-state index contributed by atoms with van der Waals surface area (Å²) in [6, 6.07) is 13.2. The van der Waals surface area contributed by atoms with Gasteiger partial charge in [0.2, 0.25) is 5.91 Å². The van der Waals surface area contributed by atoms with Gasteiger partial charge in [-0.05, 0) is 48.4 Å². The van der Waals surface area contributed by atoms with E-state index in [-0.39, 0.29) is 0 Å². The molecule has 2 aromatic carbocycles. The molecule has 5 heteroatoms. The maximum Gasteiger partial charge on any atom is 0.248 e. The highest BCUT2D eigenvalue weighted by atomic mass is 16.5. The first-order valence-electron chi connectivity index (χ1n) is 7.37. The number of hydrogen-bond acceptors (Lipinski definition) is 4. The second kappa shape index (κ2) is 7.54. The van der Waals surface area contributed by atoms with Gasteiger partial charge in [-0.1, -0.05) is 6.07 Å². The Morgan fingerprint density at radius 1 is 1.04 bits per heavy atom. The molecule has 0 aliphatic carbocycles. The maximum absolute atomic E-state index is 11.1. The van der Waals surface area contributed by atoms with Crippen LogP contribution in [0.5, 0.6) is 11.5 Å². The van der Waals surface area contributed by atoms with E-state index >= 15 is 0 Å². The molecule has 0 aliphatic heterocycles. The van der Waals surface area contributed by atoms with E-state index in [9.17, 15) is 4.79 Å². The minimum absolute atomic E-state index is 0.412. The van der Waals surface area contributed by atoms with Gasteiger partial charge in [0.15, 0.2) is 11.5 Å². The number of benzene rings is 2. The third-order valence-corrected chi connectivity index (χ3v) is 3.78. The van der Waals surface area contributed by atoms with E-state index < -0.39 is 5.91 Å². The fourth-order valence-corrected chi connectivity index (χ4v) is 2.34. The zero-order chi connectivity index (χ0) is 16.8. The molecule has 0 aliphatic rings. The van der Waals surface area contributed by atoms with E-state index in [1.54, 1.807) is 26.4 Å². The number of amides is 1. The quantitative estimate of drug-likeness (QED) is 0.853. The molecular weight excluding hydrogens is 292 g/mol. The van der Waals surface area contributed by atoms with Crippen LogP contribution in [0, 0.1) is 0 Å². The van der Waals surface area contributed by atoms with Crippen molar-refractivity contribution in [2.45, 2.75) is 6.42 Å². The Hall–Kier alpha value is -2.69. The predicted octanol–water partition coefficient (Wildman–Crippen LogP) is 2.48. The van der Waals surface area contributed by atoms with Gasteiger partial charge in [0.1, 0.15) is 0 Å². The number of likely N-dealkylation sites (N-methyl/N-ethyl adjacent to an activating group) is 1. The van der Waals surface area contributed by atoms with Gasteiger partial charge in [-0.3, -0.25) is 4.79 Å². The standard InChI is InChI=1S/C18H22N2O3/c1-20(15-7-5-14(6-8-15)18(19)21)11-10-13-4-9-16(22-2)17(12-13)23-3/h4-9,12H,10-11H2,1-3H3,(H2,19,21). The molecule has 23 heavy (non-hydrogen) atoms. The largest absolute Gasteiger partial charge is 0.493 e. The van der Waals surface area contributed by atoms with Crippen molar-refractivity contribution in [3.05, 3.63) is 53.6 Å². The van der Waals surface area contributed by atoms with Crippen molar-refractivity contribution < 1.29 is 14.3 Å². The second-order valence-corrected chi connectivity index (χ2v) is 5.27. The number of carbonyl (C=O) groups is 1. The summed E-state index contributed by atoms with van der Waals surface area (Å²) < 4.78 is 10.6. The molecule has 2 N–H and O–H groups in total. The SMILES string of the molecule is COc1ccc(CCN(C)c2ccc(C(N)=O)cc2)cc1OC. The van der Waals surface area contributed by atoms with E-state index in [1.807, 2.05) is 37.4 Å².